The molecule has 68 valence electrons. The van der Waals surface area contributed by atoms with Crippen molar-refractivity contribution in [1.29, 1.82) is 0 Å². The molecule has 0 radical (unpaired) electrons. The van der Waals surface area contributed by atoms with Crippen molar-refractivity contribution in [2.45, 2.75) is 6.04 Å². The Labute approximate surface area is 72.0 Å². The van der Waals surface area contributed by atoms with E-state index in [1.54, 1.807) is 11.0 Å². The van der Waals surface area contributed by atoms with Crippen LogP contribution < -0.4 is 5.73 Å². The molecule has 1 amide bonds. The number of rotatable bonds is 3. The van der Waals surface area contributed by atoms with Gasteiger partial charge in [-0.05, 0) is 0 Å². The molecule has 2 N–H and O–H groups in total. The van der Waals surface area contributed by atoms with E-state index in [1.807, 2.05) is 0 Å². The number of morpholine rings is 1. The van der Waals surface area contributed by atoms with Crippen molar-refractivity contribution in [3.8, 4) is 0 Å². The number of nitrogens with two attached hydrogens (primary N) is 1. The van der Waals surface area contributed by atoms with Crippen molar-refractivity contribution in [2.24, 2.45) is 5.73 Å². The van der Waals surface area contributed by atoms with Crippen LogP contribution in [-0.4, -0.2) is 43.2 Å². The van der Waals surface area contributed by atoms with E-state index in [9.17, 15) is 4.79 Å². The molecular weight excluding hydrogens is 156 g/mol. The van der Waals surface area contributed by atoms with Crippen LogP contribution in [0.1, 0.15) is 0 Å². The second kappa shape index (κ2) is 4.23. The molecule has 0 saturated carbocycles. The zero-order valence-corrected chi connectivity index (χ0v) is 7.03. The fraction of sp³-hybridized carbons (Fsp3) is 0.625. The van der Waals surface area contributed by atoms with Gasteiger partial charge < -0.3 is 15.4 Å². The van der Waals surface area contributed by atoms with Crippen molar-refractivity contribution in [3.63, 3.8) is 0 Å². The van der Waals surface area contributed by atoms with E-state index < -0.39 is 0 Å². The molecule has 1 heterocycles. The van der Waals surface area contributed by atoms with E-state index in [0.717, 1.165) is 0 Å². The summed E-state index contributed by atoms with van der Waals surface area (Å²) in [5.74, 6) is -0.00315. The average molecular weight is 170 g/mol. The van der Waals surface area contributed by atoms with E-state index >= 15 is 0 Å². The molecule has 1 aliphatic rings. The number of hydrogen-bond acceptors (Lipinski definition) is 3. The highest BCUT2D eigenvalue weighted by molar-refractivity contribution is 5.78. The van der Waals surface area contributed by atoms with E-state index in [1.165, 1.54) is 0 Å². The van der Waals surface area contributed by atoms with Gasteiger partial charge in [-0.15, -0.1) is 6.58 Å². The van der Waals surface area contributed by atoms with Crippen molar-refractivity contribution in [3.05, 3.63) is 12.7 Å². The van der Waals surface area contributed by atoms with Gasteiger partial charge in [0.15, 0.2) is 0 Å². The number of ether oxygens (including phenoxy) is 1. The van der Waals surface area contributed by atoms with Crippen LogP contribution in [0.4, 0.5) is 0 Å². The van der Waals surface area contributed by atoms with Gasteiger partial charge in [0.2, 0.25) is 5.91 Å². The van der Waals surface area contributed by atoms with Gasteiger partial charge in [-0.25, -0.2) is 0 Å². The summed E-state index contributed by atoms with van der Waals surface area (Å²) >= 11 is 0. The summed E-state index contributed by atoms with van der Waals surface area (Å²) in [7, 11) is 0. The van der Waals surface area contributed by atoms with Crippen LogP contribution in [0, 0.1) is 0 Å². The predicted octanol–water partition coefficient (Wildman–Crippen LogP) is -0.641. The molecule has 1 fully saturated rings. The average Bonchev–Trinajstić information content (AvgIpc) is 2.09. The Balaban J connectivity index is 2.58. The van der Waals surface area contributed by atoms with Gasteiger partial charge in [0.1, 0.15) is 6.61 Å². The maximum Gasteiger partial charge on any atom is 0.249 e. The Morgan fingerprint density at radius 2 is 2.58 bits per heavy atom. The summed E-state index contributed by atoms with van der Waals surface area (Å²) in [5, 5.41) is 0. The zero-order chi connectivity index (χ0) is 8.97. The maximum absolute atomic E-state index is 11.3. The SMILES string of the molecule is C=CCN1C(=O)COCC1CN. The van der Waals surface area contributed by atoms with Crippen molar-refractivity contribution in [2.75, 3.05) is 26.3 Å². The lowest BCUT2D eigenvalue weighted by atomic mass is 10.2. The molecule has 4 heteroatoms. The Bertz CT molecular complexity index is 182. The van der Waals surface area contributed by atoms with Gasteiger partial charge in [0.05, 0.1) is 12.6 Å². The molecular formula is C8H14N2O2. The highest BCUT2D eigenvalue weighted by Crippen LogP contribution is 2.06. The third-order valence-electron chi connectivity index (χ3n) is 1.89. The van der Waals surface area contributed by atoms with Crippen molar-refractivity contribution in [1.82, 2.24) is 4.90 Å². The first-order valence-electron chi connectivity index (χ1n) is 3.97. The van der Waals surface area contributed by atoms with E-state index in [2.05, 4.69) is 6.58 Å². The zero-order valence-electron chi connectivity index (χ0n) is 7.03. The first-order valence-corrected chi connectivity index (χ1v) is 3.97. The maximum atomic E-state index is 11.3. The van der Waals surface area contributed by atoms with Crippen LogP contribution in [0.15, 0.2) is 12.7 Å². The second-order valence-electron chi connectivity index (χ2n) is 2.74. The van der Waals surface area contributed by atoms with Crippen LogP contribution in [0.3, 0.4) is 0 Å². The van der Waals surface area contributed by atoms with Gasteiger partial charge in [0.25, 0.3) is 0 Å². The monoisotopic (exact) mass is 170 g/mol. The van der Waals surface area contributed by atoms with E-state index in [-0.39, 0.29) is 18.6 Å². The molecule has 1 atom stereocenters. The first kappa shape index (κ1) is 9.22. The minimum absolute atomic E-state index is 0.00315. The lowest BCUT2D eigenvalue weighted by molar-refractivity contribution is -0.146. The molecule has 1 rings (SSSR count). The number of carbonyl (C=O) groups is 1. The largest absolute Gasteiger partial charge is 0.369 e. The number of hydrogen-bond donors (Lipinski definition) is 1. The van der Waals surface area contributed by atoms with Crippen LogP contribution in [0.5, 0.6) is 0 Å². The van der Waals surface area contributed by atoms with Crippen molar-refractivity contribution < 1.29 is 9.53 Å². The van der Waals surface area contributed by atoms with Crippen LogP contribution in [0.25, 0.3) is 0 Å². The highest BCUT2D eigenvalue weighted by Gasteiger charge is 2.26. The van der Waals surface area contributed by atoms with Crippen LogP contribution >= 0.6 is 0 Å². The topological polar surface area (TPSA) is 55.6 Å². The molecule has 0 aliphatic carbocycles. The van der Waals surface area contributed by atoms with Crippen LogP contribution in [-0.2, 0) is 9.53 Å². The summed E-state index contributed by atoms with van der Waals surface area (Å²) in [4.78, 5) is 13.0. The lowest BCUT2D eigenvalue weighted by Crippen LogP contribution is -2.52. The van der Waals surface area contributed by atoms with Gasteiger partial charge in [-0.1, -0.05) is 6.08 Å². The third-order valence-corrected chi connectivity index (χ3v) is 1.89. The predicted molar refractivity (Wildman–Crippen MR) is 45.6 cm³/mol. The first-order chi connectivity index (χ1) is 5.79. The summed E-state index contributed by atoms with van der Waals surface area (Å²) in [5.41, 5.74) is 5.48. The molecule has 0 aromatic carbocycles. The van der Waals surface area contributed by atoms with Gasteiger partial charge >= 0.3 is 0 Å². The van der Waals surface area contributed by atoms with Crippen LogP contribution in [0.2, 0.25) is 0 Å². The molecule has 0 aromatic rings. The molecule has 4 nitrogen and oxygen atoms in total. The smallest absolute Gasteiger partial charge is 0.249 e. The molecule has 1 saturated heterocycles. The summed E-state index contributed by atoms with van der Waals surface area (Å²) < 4.78 is 5.06. The van der Waals surface area contributed by atoms with Gasteiger partial charge in [-0.2, -0.15) is 0 Å². The molecule has 0 aromatic heterocycles. The number of amides is 1. The molecule has 0 bridgehead atoms. The minimum atomic E-state index is -0.00315. The number of nitrogens with zero attached hydrogens (tertiary/aromatic N) is 1. The summed E-state index contributed by atoms with van der Waals surface area (Å²) in [6.45, 7) is 5.29. The number of carbonyl (C=O) groups excluding carboxylic acids is 1. The molecule has 0 spiro atoms. The Kier molecular flexibility index (Phi) is 3.25. The normalized spacial score (nSPS) is 24.2. The lowest BCUT2D eigenvalue weighted by Gasteiger charge is -2.33. The van der Waals surface area contributed by atoms with Crippen molar-refractivity contribution >= 4 is 5.91 Å². The molecule has 12 heavy (non-hydrogen) atoms. The highest BCUT2D eigenvalue weighted by atomic mass is 16.5. The quantitative estimate of drug-likeness (QED) is 0.573. The minimum Gasteiger partial charge on any atom is -0.369 e. The molecule has 1 aliphatic heterocycles. The summed E-state index contributed by atoms with van der Waals surface area (Å²) in [6.07, 6.45) is 1.70. The third kappa shape index (κ3) is 1.84. The standard InChI is InChI=1S/C8H14N2O2/c1-2-3-10-7(4-9)5-12-6-8(10)11/h2,7H,1,3-6,9H2. The van der Waals surface area contributed by atoms with E-state index in [0.29, 0.717) is 19.7 Å². The second-order valence-corrected chi connectivity index (χ2v) is 2.74. The Hall–Kier alpha value is -0.870. The fourth-order valence-electron chi connectivity index (χ4n) is 1.24. The van der Waals surface area contributed by atoms with E-state index in [4.69, 9.17) is 10.5 Å². The Morgan fingerprint density at radius 1 is 1.83 bits per heavy atom. The fourth-order valence-corrected chi connectivity index (χ4v) is 1.24. The summed E-state index contributed by atoms with van der Waals surface area (Å²) in [6, 6.07) is 0.0178. The molecule has 1 unspecified atom stereocenters. The van der Waals surface area contributed by atoms with Gasteiger partial charge in [0, 0.05) is 13.1 Å². The Morgan fingerprint density at radius 3 is 3.17 bits per heavy atom. The van der Waals surface area contributed by atoms with Gasteiger partial charge in [-0.3, -0.25) is 4.79 Å².